The zero-order valence-electron chi connectivity index (χ0n) is 38.5. The predicted octanol–water partition coefficient (Wildman–Crippen LogP) is 13.8. The number of carboxylic acids is 1. The number of hydrogen-bond acceptors (Lipinski definition) is 8. The summed E-state index contributed by atoms with van der Waals surface area (Å²) in [6.45, 7) is 3.72. The fourth-order valence-corrected chi connectivity index (χ4v) is 7.05. The number of rotatable bonds is 45. The van der Waals surface area contributed by atoms with Crippen LogP contribution in [0.4, 0.5) is 0 Å². The van der Waals surface area contributed by atoms with Crippen molar-refractivity contribution in [1.29, 1.82) is 0 Å². The van der Waals surface area contributed by atoms with Crippen LogP contribution in [0.2, 0.25) is 0 Å². The van der Waals surface area contributed by atoms with Crippen LogP contribution in [0, 0.1) is 0 Å². The van der Waals surface area contributed by atoms with E-state index in [0.29, 0.717) is 13.0 Å². The standard InChI is InChI=1S/C50H88NO9P/c1-3-5-7-9-11-13-15-17-19-21-22-23-24-25-26-27-28-30-32-34-36-38-40-42-49(52)60-47(45-58-61(55,56)59-46-48(51)50(53)54)44-57-43-41-39-37-35-33-31-29-20-18-16-14-12-10-8-6-4-2/h5,7,11-14,17-20,22-23,47-48H,3-4,6,8-10,15-16,21,24-46,51H2,1-2H3,(H,53,54)(H,55,56)/b7-5-,13-11-,14-12-,19-17-,20-18-,23-22-. The van der Waals surface area contributed by atoms with Crippen LogP contribution in [0.5, 0.6) is 0 Å². The normalized spacial score (nSPS) is 14.4. The maximum Gasteiger partial charge on any atom is 0.472 e. The topological polar surface area (TPSA) is 155 Å². The predicted molar refractivity (Wildman–Crippen MR) is 254 cm³/mol. The van der Waals surface area contributed by atoms with E-state index in [-0.39, 0.29) is 13.0 Å². The fourth-order valence-electron chi connectivity index (χ4n) is 6.27. The lowest BCUT2D eigenvalue weighted by atomic mass is 10.0. The Bertz CT molecular complexity index is 1250. The van der Waals surface area contributed by atoms with Crippen molar-refractivity contribution in [3.8, 4) is 0 Å². The highest BCUT2D eigenvalue weighted by molar-refractivity contribution is 7.47. The van der Waals surface area contributed by atoms with E-state index in [9.17, 15) is 19.0 Å². The Morgan fingerprint density at radius 3 is 1.43 bits per heavy atom. The van der Waals surface area contributed by atoms with Crippen molar-refractivity contribution in [2.45, 2.75) is 206 Å². The summed E-state index contributed by atoms with van der Waals surface area (Å²) in [6.07, 6.45) is 56.6. The van der Waals surface area contributed by atoms with Crippen LogP contribution in [0.1, 0.15) is 194 Å². The van der Waals surface area contributed by atoms with Gasteiger partial charge in [0.1, 0.15) is 12.1 Å². The molecule has 0 rings (SSSR count). The third-order valence-corrected chi connectivity index (χ3v) is 10.9. The van der Waals surface area contributed by atoms with Gasteiger partial charge in [0.2, 0.25) is 0 Å². The van der Waals surface area contributed by atoms with E-state index in [1.165, 1.54) is 83.5 Å². The highest BCUT2D eigenvalue weighted by Crippen LogP contribution is 2.43. The lowest BCUT2D eigenvalue weighted by Gasteiger charge is -2.20. The van der Waals surface area contributed by atoms with Gasteiger partial charge in [-0.2, -0.15) is 0 Å². The monoisotopic (exact) mass is 878 g/mol. The minimum Gasteiger partial charge on any atom is -0.480 e. The number of carbonyl (C=O) groups excluding carboxylic acids is 1. The molecule has 11 heteroatoms. The van der Waals surface area contributed by atoms with Crippen LogP contribution in [0.25, 0.3) is 0 Å². The maximum absolute atomic E-state index is 12.7. The molecule has 0 saturated carbocycles. The van der Waals surface area contributed by atoms with Gasteiger partial charge in [-0.1, -0.05) is 177 Å². The Balaban J connectivity index is 4.19. The Labute approximate surface area is 372 Å². The molecule has 0 aliphatic heterocycles. The second kappa shape index (κ2) is 45.4. The summed E-state index contributed by atoms with van der Waals surface area (Å²) in [5.74, 6) is -1.79. The van der Waals surface area contributed by atoms with Crippen molar-refractivity contribution in [2.24, 2.45) is 5.73 Å². The number of esters is 1. The molecule has 0 radical (unpaired) electrons. The van der Waals surface area contributed by atoms with Crippen molar-refractivity contribution in [3.05, 3.63) is 72.9 Å². The second-order valence-corrected chi connectivity index (χ2v) is 17.3. The molecule has 0 aromatic rings. The van der Waals surface area contributed by atoms with Gasteiger partial charge in [0.25, 0.3) is 0 Å². The second-order valence-electron chi connectivity index (χ2n) is 15.9. The number of phosphoric ester groups is 1. The van der Waals surface area contributed by atoms with E-state index >= 15 is 0 Å². The molecular weight excluding hydrogens is 790 g/mol. The van der Waals surface area contributed by atoms with Gasteiger partial charge in [-0.05, 0) is 83.5 Å². The van der Waals surface area contributed by atoms with Crippen LogP contribution >= 0.6 is 7.82 Å². The first-order valence-corrected chi connectivity index (χ1v) is 25.5. The number of phosphoric acid groups is 1. The number of unbranched alkanes of at least 4 members (excludes halogenated alkanes) is 19. The fraction of sp³-hybridized carbons (Fsp3) is 0.720. The SMILES string of the molecule is CC/C=C\C/C=C\C/C=C\C/C=C\CCCCCCCCCCCCC(=O)OC(COCCCCCCCC/C=C\C/C=C\CCCCC)COP(=O)(O)OCC(N)C(=O)O. The Hall–Kier alpha value is -2.59. The van der Waals surface area contributed by atoms with Crippen LogP contribution < -0.4 is 5.73 Å². The van der Waals surface area contributed by atoms with Crippen LogP contribution in [-0.2, 0) is 32.7 Å². The van der Waals surface area contributed by atoms with Crippen molar-refractivity contribution in [3.63, 3.8) is 0 Å². The Morgan fingerprint density at radius 2 is 0.951 bits per heavy atom. The summed E-state index contributed by atoms with van der Waals surface area (Å²) in [4.78, 5) is 33.6. The van der Waals surface area contributed by atoms with Gasteiger partial charge in [-0.3, -0.25) is 18.6 Å². The molecule has 0 amide bonds. The summed E-state index contributed by atoms with van der Waals surface area (Å²) in [5, 5.41) is 8.92. The maximum atomic E-state index is 12.7. The quantitative estimate of drug-likeness (QED) is 0.0233. The molecule has 0 heterocycles. The molecule has 0 saturated heterocycles. The van der Waals surface area contributed by atoms with E-state index in [1.807, 2.05) is 0 Å². The largest absolute Gasteiger partial charge is 0.480 e. The summed E-state index contributed by atoms with van der Waals surface area (Å²) in [7, 11) is -4.63. The summed E-state index contributed by atoms with van der Waals surface area (Å²) in [5.41, 5.74) is 5.37. The van der Waals surface area contributed by atoms with Crippen molar-refractivity contribution in [1.82, 2.24) is 0 Å². The molecule has 0 spiro atoms. The molecule has 4 N–H and O–H groups in total. The van der Waals surface area contributed by atoms with E-state index in [1.54, 1.807) is 0 Å². The van der Waals surface area contributed by atoms with Crippen LogP contribution in [-0.4, -0.2) is 60.5 Å². The van der Waals surface area contributed by atoms with Crippen molar-refractivity contribution >= 4 is 19.8 Å². The van der Waals surface area contributed by atoms with Crippen LogP contribution in [0.3, 0.4) is 0 Å². The number of nitrogens with two attached hydrogens (primary N) is 1. The highest BCUT2D eigenvalue weighted by atomic mass is 31.2. The van der Waals surface area contributed by atoms with Gasteiger partial charge >= 0.3 is 19.8 Å². The molecule has 0 aromatic heterocycles. The molecule has 61 heavy (non-hydrogen) atoms. The average Bonchev–Trinajstić information content (AvgIpc) is 3.24. The molecule has 3 atom stereocenters. The van der Waals surface area contributed by atoms with E-state index in [0.717, 1.165) is 83.5 Å². The lowest BCUT2D eigenvalue weighted by molar-refractivity contribution is -0.154. The minimum atomic E-state index is -4.63. The smallest absolute Gasteiger partial charge is 0.472 e. The highest BCUT2D eigenvalue weighted by Gasteiger charge is 2.27. The van der Waals surface area contributed by atoms with Gasteiger partial charge in [0, 0.05) is 13.0 Å². The molecule has 10 nitrogen and oxygen atoms in total. The molecule has 0 fully saturated rings. The first-order chi connectivity index (χ1) is 29.7. The van der Waals surface area contributed by atoms with Gasteiger partial charge in [-0.25, -0.2) is 4.57 Å². The van der Waals surface area contributed by atoms with E-state index in [4.69, 9.17) is 29.4 Å². The zero-order valence-corrected chi connectivity index (χ0v) is 39.4. The zero-order chi connectivity index (χ0) is 44.8. The molecule has 0 aliphatic carbocycles. The first kappa shape index (κ1) is 58.4. The number of ether oxygens (including phenoxy) is 2. The van der Waals surface area contributed by atoms with Gasteiger partial charge in [0.15, 0.2) is 0 Å². The third kappa shape index (κ3) is 45.3. The van der Waals surface area contributed by atoms with Crippen molar-refractivity contribution < 1.29 is 42.7 Å². The molecule has 0 bridgehead atoms. The summed E-state index contributed by atoms with van der Waals surface area (Å²) >= 11 is 0. The third-order valence-electron chi connectivity index (χ3n) is 9.97. The van der Waals surface area contributed by atoms with Crippen LogP contribution in [0.15, 0.2) is 72.9 Å². The number of carboxylic acid groups (broad SMARTS) is 1. The van der Waals surface area contributed by atoms with E-state index < -0.39 is 45.1 Å². The molecular formula is C50H88NO9P. The first-order valence-electron chi connectivity index (χ1n) is 24.0. The van der Waals surface area contributed by atoms with Gasteiger partial charge < -0.3 is 25.2 Å². The summed E-state index contributed by atoms with van der Waals surface area (Å²) < 4.78 is 33.4. The minimum absolute atomic E-state index is 0.00504. The average molecular weight is 878 g/mol. The van der Waals surface area contributed by atoms with Gasteiger partial charge in [0.05, 0.1) is 19.8 Å². The number of aliphatic carboxylic acids is 1. The Kier molecular flexibility index (Phi) is 43.5. The molecule has 352 valence electrons. The van der Waals surface area contributed by atoms with Gasteiger partial charge in [-0.15, -0.1) is 0 Å². The summed E-state index contributed by atoms with van der Waals surface area (Å²) in [6, 6.07) is -1.48. The molecule has 0 aromatic carbocycles. The lowest BCUT2D eigenvalue weighted by Crippen LogP contribution is -2.34. The number of carbonyl (C=O) groups is 2. The Morgan fingerprint density at radius 1 is 0.541 bits per heavy atom. The van der Waals surface area contributed by atoms with E-state index in [2.05, 4.69) is 86.8 Å². The van der Waals surface area contributed by atoms with Crippen molar-refractivity contribution in [2.75, 3.05) is 26.4 Å². The molecule has 0 aliphatic rings. The number of hydrogen-bond donors (Lipinski definition) is 3. The number of allylic oxidation sites excluding steroid dienone is 12. The molecule has 3 unspecified atom stereocenters.